The monoisotopic (exact) mass is 351 g/mol. The fourth-order valence-electron chi connectivity index (χ4n) is 2.08. The van der Waals surface area contributed by atoms with Gasteiger partial charge in [-0.1, -0.05) is 18.2 Å². The zero-order valence-corrected chi connectivity index (χ0v) is 13.2. The van der Waals surface area contributed by atoms with E-state index in [-0.39, 0.29) is 29.4 Å². The van der Waals surface area contributed by atoms with Gasteiger partial charge in [-0.2, -0.15) is 8.78 Å². The van der Waals surface area contributed by atoms with Crippen molar-refractivity contribution in [2.45, 2.75) is 13.5 Å². The van der Waals surface area contributed by atoms with Crippen molar-refractivity contribution in [3.8, 4) is 5.75 Å². The summed E-state index contributed by atoms with van der Waals surface area (Å²) < 4.78 is 29.0. The summed E-state index contributed by atoms with van der Waals surface area (Å²) in [7, 11) is 0. The number of nitrogens with zero attached hydrogens (tertiary/aromatic N) is 1. The van der Waals surface area contributed by atoms with Crippen LogP contribution in [0.5, 0.6) is 5.75 Å². The Labute approximate surface area is 141 Å². The number of carbonyl (C=O) groups is 1. The zero-order chi connectivity index (χ0) is 18.4. The number of benzene rings is 2. The van der Waals surface area contributed by atoms with E-state index in [1.54, 1.807) is 19.1 Å². The first-order chi connectivity index (χ1) is 11.9. The van der Waals surface area contributed by atoms with E-state index in [1.165, 1.54) is 30.3 Å². The number of anilines is 2. The maximum atomic E-state index is 12.3. The van der Waals surface area contributed by atoms with Crippen LogP contribution in [0.3, 0.4) is 0 Å². The van der Waals surface area contributed by atoms with Gasteiger partial charge in [-0.3, -0.25) is 14.9 Å². The summed E-state index contributed by atoms with van der Waals surface area (Å²) in [5, 5.41) is 16.1. The van der Waals surface area contributed by atoms with Gasteiger partial charge >= 0.3 is 6.61 Å². The second kappa shape index (κ2) is 8.04. The predicted molar refractivity (Wildman–Crippen MR) is 88.0 cm³/mol. The first-order valence-electron chi connectivity index (χ1n) is 7.19. The minimum atomic E-state index is -2.99. The lowest BCUT2D eigenvalue weighted by molar-refractivity contribution is -0.384. The highest BCUT2D eigenvalue weighted by Gasteiger charge is 2.16. The lowest BCUT2D eigenvalue weighted by Gasteiger charge is -2.12. The fraction of sp³-hybridized carbons (Fsp3) is 0.188. The summed E-state index contributed by atoms with van der Waals surface area (Å²) in [5.74, 6) is -0.676. The SMILES string of the molecule is Cc1ccc(NC(=O)CNc2ccccc2OC(F)F)c([N+](=O)[O-])c1. The third-order valence-corrected chi connectivity index (χ3v) is 3.17. The molecule has 2 rings (SSSR count). The van der Waals surface area contributed by atoms with Gasteiger partial charge in [0, 0.05) is 6.07 Å². The van der Waals surface area contributed by atoms with Crippen LogP contribution in [-0.4, -0.2) is 24.0 Å². The summed E-state index contributed by atoms with van der Waals surface area (Å²) in [4.78, 5) is 22.4. The molecule has 132 valence electrons. The fourth-order valence-corrected chi connectivity index (χ4v) is 2.08. The molecule has 0 spiro atoms. The van der Waals surface area contributed by atoms with Gasteiger partial charge in [0.1, 0.15) is 11.4 Å². The quantitative estimate of drug-likeness (QED) is 0.588. The molecule has 2 N–H and O–H groups in total. The molecule has 25 heavy (non-hydrogen) atoms. The molecular weight excluding hydrogens is 336 g/mol. The largest absolute Gasteiger partial charge is 0.433 e. The Morgan fingerprint density at radius 3 is 2.64 bits per heavy atom. The van der Waals surface area contributed by atoms with Gasteiger partial charge in [0.05, 0.1) is 17.2 Å². The molecule has 9 heteroatoms. The van der Waals surface area contributed by atoms with Crippen LogP contribution in [-0.2, 0) is 4.79 Å². The predicted octanol–water partition coefficient (Wildman–Crippen LogP) is 3.56. The van der Waals surface area contributed by atoms with Crippen molar-refractivity contribution < 1.29 is 23.2 Å². The lowest BCUT2D eigenvalue weighted by atomic mass is 10.2. The van der Waals surface area contributed by atoms with E-state index >= 15 is 0 Å². The van der Waals surface area contributed by atoms with Crippen molar-refractivity contribution in [1.29, 1.82) is 0 Å². The molecular formula is C16H15F2N3O4. The minimum absolute atomic E-state index is 0.0551. The Morgan fingerprint density at radius 2 is 1.96 bits per heavy atom. The average Bonchev–Trinajstić information content (AvgIpc) is 2.55. The number of hydrogen-bond acceptors (Lipinski definition) is 5. The van der Waals surface area contributed by atoms with Crippen LogP contribution in [0.25, 0.3) is 0 Å². The molecule has 0 atom stereocenters. The van der Waals surface area contributed by atoms with Crippen LogP contribution in [0.1, 0.15) is 5.56 Å². The van der Waals surface area contributed by atoms with Crippen molar-refractivity contribution >= 4 is 23.0 Å². The standard InChI is InChI=1S/C16H15F2N3O4/c1-10-6-7-11(13(8-10)21(23)24)20-15(22)9-19-12-4-2-3-5-14(12)25-16(17)18/h2-8,16,19H,9H2,1H3,(H,20,22). The van der Waals surface area contributed by atoms with Gasteiger partial charge in [-0.05, 0) is 30.7 Å². The summed E-state index contributed by atoms with van der Waals surface area (Å²) in [6.07, 6.45) is 0. The van der Waals surface area contributed by atoms with Crippen molar-refractivity contribution in [2.24, 2.45) is 0 Å². The molecule has 2 aromatic carbocycles. The van der Waals surface area contributed by atoms with Crippen molar-refractivity contribution in [2.75, 3.05) is 17.2 Å². The number of para-hydroxylation sites is 2. The van der Waals surface area contributed by atoms with Crippen molar-refractivity contribution in [3.63, 3.8) is 0 Å². The van der Waals surface area contributed by atoms with E-state index < -0.39 is 17.4 Å². The summed E-state index contributed by atoms with van der Waals surface area (Å²) >= 11 is 0. The number of alkyl halides is 2. The topological polar surface area (TPSA) is 93.5 Å². The number of ether oxygens (including phenoxy) is 1. The Hall–Kier alpha value is -3.23. The number of halogens is 2. The van der Waals surface area contributed by atoms with E-state index in [1.807, 2.05) is 0 Å². The second-order valence-corrected chi connectivity index (χ2v) is 5.05. The molecule has 0 saturated heterocycles. The van der Waals surface area contributed by atoms with E-state index in [0.717, 1.165) is 0 Å². The van der Waals surface area contributed by atoms with Crippen LogP contribution < -0.4 is 15.4 Å². The third-order valence-electron chi connectivity index (χ3n) is 3.17. The van der Waals surface area contributed by atoms with Crippen LogP contribution in [0.2, 0.25) is 0 Å². The molecule has 0 aliphatic carbocycles. The number of aryl methyl sites for hydroxylation is 1. The number of rotatable bonds is 7. The van der Waals surface area contributed by atoms with Crippen LogP contribution in [0, 0.1) is 17.0 Å². The maximum absolute atomic E-state index is 12.3. The van der Waals surface area contributed by atoms with Crippen molar-refractivity contribution in [1.82, 2.24) is 0 Å². The van der Waals surface area contributed by atoms with Gasteiger partial charge in [-0.25, -0.2) is 0 Å². The van der Waals surface area contributed by atoms with Crippen LogP contribution >= 0.6 is 0 Å². The molecule has 0 radical (unpaired) electrons. The van der Waals surface area contributed by atoms with Gasteiger partial charge in [0.25, 0.3) is 5.69 Å². The molecule has 0 fully saturated rings. The molecule has 0 bridgehead atoms. The molecule has 1 amide bonds. The van der Waals surface area contributed by atoms with E-state index in [4.69, 9.17) is 0 Å². The average molecular weight is 351 g/mol. The lowest BCUT2D eigenvalue weighted by Crippen LogP contribution is -2.22. The van der Waals surface area contributed by atoms with Crippen LogP contribution in [0.4, 0.5) is 25.8 Å². The highest BCUT2D eigenvalue weighted by atomic mass is 19.3. The molecule has 0 heterocycles. The number of hydrogen-bond donors (Lipinski definition) is 2. The highest BCUT2D eigenvalue weighted by Crippen LogP contribution is 2.26. The molecule has 7 nitrogen and oxygen atoms in total. The molecule has 0 unspecified atom stereocenters. The van der Waals surface area contributed by atoms with Gasteiger partial charge in [0.2, 0.25) is 5.91 Å². The number of nitrogens with one attached hydrogen (secondary N) is 2. The minimum Gasteiger partial charge on any atom is -0.433 e. The van der Waals surface area contributed by atoms with E-state index in [0.29, 0.717) is 5.56 Å². The first-order valence-corrected chi connectivity index (χ1v) is 7.19. The first kappa shape index (κ1) is 18.1. The Balaban J connectivity index is 2.04. The van der Waals surface area contributed by atoms with Gasteiger partial charge in [0.15, 0.2) is 0 Å². The molecule has 0 aliphatic heterocycles. The summed E-state index contributed by atoms with van der Waals surface area (Å²) in [6.45, 7) is -1.58. The second-order valence-electron chi connectivity index (χ2n) is 5.05. The molecule has 0 saturated carbocycles. The smallest absolute Gasteiger partial charge is 0.387 e. The number of amides is 1. The Bertz CT molecular complexity index is 784. The number of nitro groups is 1. The Morgan fingerprint density at radius 1 is 1.24 bits per heavy atom. The van der Waals surface area contributed by atoms with Gasteiger partial charge < -0.3 is 15.4 Å². The van der Waals surface area contributed by atoms with E-state index in [2.05, 4.69) is 15.4 Å². The maximum Gasteiger partial charge on any atom is 0.387 e. The van der Waals surface area contributed by atoms with E-state index in [9.17, 15) is 23.7 Å². The molecule has 0 aromatic heterocycles. The Kier molecular flexibility index (Phi) is 5.83. The summed E-state index contributed by atoms with van der Waals surface area (Å²) in [5.41, 5.74) is 0.714. The molecule has 2 aromatic rings. The highest BCUT2D eigenvalue weighted by molar-refractivity contribution is 5.96. The number of nitro benzene ring substituents is 1. The van der Waals surface area contributed by atoms with Crippen LogP contribution in [0.15, 0.2) is 42.5 Å². The molecule has 0 aliphatic rings. The third kappa shape index (κ3) is 5.13. The van der Waals surface area contributed by atoms with Crippen molar-refractivity contribution in [3.05, 3.63) is 58.1 Å². The van der Waals surface area contributed by atoms with Gasteiger partial charge in [-0.15, -0.1) is 0 Å². The number of carbonyl (C=O) groups excluding carboxylic acids is 1. The normalized spacial score (nSPS) is 10.4. The zero-order valence-electron chi connectivity index (χ0n) is 13.2. The summed E-state index contributed by atoms with van der Waals surface area (Å²) in [6, 6.07) is 10.3.